The van der Waals surface area contributed by atoms with Crippen molar-refractivity contribution in [1.29, 1.82) is 0 Å². The van der Waals surface area contributed by atoms with Crippen molar-refractivity contribution in [2.45, 2.75) is 25.1 Å². The minimum absolute atomic E-state index is 0.587. The fourth-order valence-electron chi connectivity index (χ4n) is 1.78. The van der Waals surface area contributed by atoms with Gasteiger partial charge in [-0.3, -0.25) is 0 Å². The summed E-state index contributed by atoms with van der Waals surface area (Å²) in [5.74, 6) is 2.33. The Labute approximate surface area is 89.7 Å². The van der Waals surface area contributed by atoms with E-state index < -0.39 is 0 Å². The molecule has 1 aliphatic rings. The zero-order valence-corrected chi connectivity index (χ0v) is 9.50. The molecule has 76 valence electrons. The fraction of sp³-hybridized carbons (Fsp3) is 0.545. The van der Waals surface area contributed by atoms with E-state index in [0.717, 1.165) is 12.4 Å². The molecule has 3 heteroatoms. The molecule has 1 saturated heterocycles. The highest BCUT2D eigenvalue weighted by Gasteiger charge is 2.25. The van der Waals surface area contributed by atoms with Crippen LogP contribution >= 0.6 is 11.8 Å². The first-order valence-corrected chi connectivity index (χ1v) is 6.13. The summed E-state index contributed by atoms with van der Waals surface area (Å²) in [5, 5.41) is 0.700. The van der Waals surface area contributed by atoms with Gasteiger partial charge in [-0.15, -0.1) is 0 Å². The van der Waals surface area contributed by atoms with E-state index >= 15 is 0 Å². The second-order valence-electron chi connectivity index (χ2n) is 3.70. The number of hydrogen-bond donors (Lipinski definition) is 0. The predicted molar refractivity (Wildman–Crippen MR) is 63.0 cm³/mol. The van der Waals surface area contributed by atoms with Crippen molar-refractivity contribution < 1.29 is 0 Å². The molecule has 2 atom stereocenters. The SMILES string of the molecule is CC1SCCN(c2ccccn2)C1C. The molecule has 0 amide bonds. The average molecular weight is 208 g/mol. The summed E-state index contributed by atoms with van der Waals surface area (Å²) in [7, 11) is 0. The summed E-state index contributed by atoms with van der Waals surface area (Å²) in [6.07, 6.45) is 1.87. The summed E-state index contributed by atoms with van der Waals surface area (Å²) >= 11 is 2.06. The second kappa shape index (κ2) is 4.22. The molecule has 2 unspecified atom stereocenters. The number of aromatic nitrogens is 1. The van der Waals surface area contributed by atoms with E-state index in [1.165, 1.54) is 5.75 Å². The van der Waals surface area contributed by atoms with Crippen LogP contribution in [0.15, 0.2) is 24.4 Å². The molecular formula is C11H16N2S. The van der Waals surface area contributed by atoms with E-state index in [2.05, 4.69) is 47.6 Å². The summed E-state index contributed by atoms with van der Waals surface area (Å²) in [4.78, 5) is 6.81. The van der Waals surface area contributed by atoms with Crippen LogP contribution in [0, 0.1) is 0 Å². The molecule has 2 nitrogen and oxygen atoms in total. The minimum Gasteiger partial charge on any atom is -0.352 e. The molecule has 2 rings (SSSR count). The third-order valence-electron chi connectivity index (χ3n) is 2.83. The number of rotatable bonds is 1. The number of hydrogen-bond acceptors (Lipinski definition) is 3. The molecule has 0 spiro atoms. The molecule has 0 N–H and O–H groups in total. The molecule has 0 aromatic carbocycles. The van der Waals surface area contributed by atoms with Crippen molar-refractivity contribution in [1.82, 2.24) is 4.98 Å². The maximum absolute atomic E-state index is 4.40. The molecule has 0 radical (unpaired) electrons. The van der Waals surface area contributed by atoms with Crippen LogP contribution in [0.2, 0.25) is 0 Å². The van der Waals surface area contributed by atoms with Crippen LogP contribution in [-0.4, -0.2) is 28.6 Å². The van der Waals surface area contributed by atoms with Crippen LogP contribution in [0.4, 0.5) is 5.82 Å². The lowest BCUT2D eigenvalue weighted by molar-refractivity contribution is 0.620. The van der Waals surface area contributed by atoms with E-state index in [9.17, 15) is 0 Å². The van der Waals surface area contributed by atoms with Gasteiger partial charge in [0.05, 0.1) is 0 Å². The van der Waals surface area contributed by atoms with E-state index in [4.69, 9.17) is 0 Å². The van der Waals surface area contributed by atoms with Gasteiger partial charge in [-0.1, -0.05) is 13.0 Å². The van der Waals surface area contributed by atoms with Crippen LogP contribution in [0.3, 0.4) is 0 Å². The van der Waals surface area contributed by atoms with E-state index in [1.54, 1.807) is 0 Å². The van der Waals surface area contributed by atoms with Gasteiger partial charge < -0.3 is 4.90 Å². The lowest BCUT2D eigenvalue weighted by Crippen LogP contribution is -2.45. The zero-order chi connectivity index (χ0) is 9.97. The first-order chi connectivity index (χ1) is 6.79. The Hall–Kier alpha value is -0.700. The quantitative estimate of drug-likeness (QED) is 0.705. The molecule has 0 aliphatic carbocycles. The Kier molecular flexibility index (Phi) is 2.96. The summed E-state index contributed by atoms with van der Waals surface area (Å²) in [5.41, 5.74) is 0. The molecular weight excluding hydrogens is 192 g/mol. The summed E-state index contributed by atoms with van der Waals surface area (Å²) in [6.45, 7) is 5.70. The number of thioether (sulfide) groups is 1. The van der Waals surface area contributed by atoms with E-state index in [1.807, 2.05) is 12.3 Å². The topological polar surface area (TPSA) is 16.1 Å². The standard InChI is InChI=1S/C11H16N2S/c1-9-10(2)14-8-7-13(9)11-5-3-4-6-12-11/h3-6,9-10H,7-8H2,1-2H3. The van der Waals surface area contributed by atoms with Crippen molar-refractivity contribution >= 4 is 17.6 Å². The largest absolute Gasteiger partial charge is 0.352 e. The van der Waals surface area contributed by atoms with Crippen LogP contribution in [0.5, 0.6) is 0 Å². The van der Waals surface area contributed by atoms with Gasteiger partial charge in [-0.05, 0) is 19.1 Å². The minimum atomic E-state index is 0.587. The Morgan fingerprint density at radius 3 is 3.00 bits per heavy atom. The van der Waals surface area contributed by atoms with Gasteiger partial charge in [-0.2, -0.15) is 11.8 Å². The monoisotopic (exact) mass is 208 g/mol. The summed E-state index contributed by atoms with van der Waals surface area (Å²) in [6, 6.07) is 6.71. The first kappa shape index (κ1) is 9.84. The Bertz CT molecular complexity index is 289. The number of nitrogens with zero attached hydrogens (tertiary/aromatic N) is 2. The zero-order valence-electron chi connectivity index (χ0n) is 8.68. The Balaban J connectivity index is 2.17. The summed E-state index contributed by atoms with van der Waals surface area (Å²) < 4.78 is 0. The first-order valence-electron chi connectivity index (χ1n) is 5.08. The molecule has 0 bridgehead atoms. The van der Waals surface area contributed by atoms with Gasteiger partial charge in [0.15, 0.2) is 0 Å². The Morgan fingerprint density at radius 1 is 1.43 bits per heavy atom. The van der Waals surface area contributed by atoms with Crippen molar-refractivity contribution in [3.8, 4) is 0 Å². The van der Waals surface area contributed by atoms with Gasteiger partial charge in [0.1, 0.15) is 5.82 Å². The second-order valence-corrected chi connectivity index (χ2v) is 5.18. The van der Waals surface area contributed by atoms with E-state index in [0.29, 0.717) is 11.3 Å². The van der Waals surface area contributed by atoms with Crippen molar-refractivity contribution in [3.05, 3.63) is 24.4 Å². The van der Waals surface area contributed by atoms with Crippen molar-refractivity contribution in [2.24, 2.45) is 0 Å². The van der Waals surface area contributed by atoms with Crippen molar-refractivity contribution in [2.75, 3.05) is 17.2 Å². The van der Waals surface area contributed by atoms with Crippen LogP contribution < -0.4 is 4.90 Å². The smallest absolute Gasteiger partial charge is 0.128 e. The molecule has 1 fully saturated rings. The predicted octanol–water partition coefficient (Wildman–Crippen LogP) is 2.41. The van der Waals surface area contributed by atoms with Gasteiger partial charge in [0.25, 0.3) is 0 Å². The van der Waals surface area contributed by atoms with Gasteiger partial charge >= 0.3 is 0 Å². The lowest BCUT2D eigenvalue weighted by Gasteiger charge is -2.38. The molecule has 2 heterocycles. The highest BCUT2D eigenvalue weighted by Crippen LogP contribution is 2.27. The van der Waals surface area contributed by atoms with Gasteiger partial charge in [-0.25, -0.2) is 4.98 Å². The Morgan fingerprint density at radius 2 is 2.29 bits per heavy atom. The van der Waals surface area contributed by atoms with Crippen LogP contribution in [0.25, 0.3) is 0 Å². The highest BCUT2D eigenvalue weighted by atomic mass is 32.2. The molecule has 1 aliphatic heterocycles. The molecule has 1 aromatic heterocycles. The van der Waals surface area contributed by atoms with Crippen LogP contribution in [-0.2, 0) is 0 Å². The highest BCUT2D eigenvalue weighted by molar-refractivity contribution is 8.00. The molecule has 0 saturated carbocycles. The molecule has 1 aromatic rings. The number of pyridine rings is 1. The maximum atomic E-state index is 4.40. The number of anilines is 1. The fourth-order valence-corrected chi connectivity index (χ4v) is 2.88. The average Bonchev–Trinajstić information content (AvgIpc) is 2.23. The third-order valence-corrected chi connectivity index (χ3v) is 4.17. The maximum Gasteiger partial charge on any atom is 0.128 e. The van der Waals surface area contributed by atoms with E-state index in [-0.39, 0.29) is 0 Å². The van der Waals surface area contributed by atoms with Gasteiger partial charge in [0, 0.05) is 29.8 Å². The third kappa shape index (κ3) is 1.87. The normalized spacial score (nSPS) is 27.7. The molecule has 14 heavy (non-hydrogen) atoms. The van der Waals surface area contributed by atoms with Crippen molar-refractivity contribution in [3.63, 3.8) is 0 Å². The van der Waals surface area contributed by atoms with Crippen LogP contribution in [0.1, 0.15) is 13.8 Å². The van der Waals surface area contributed by atoms with Gasteiger partial charge in [0.2, 0.25) is 0 Å². The lowest BCUT2D eigenvalue weighted by atomic mass is 10.2.